The zero-order valence-electron chi connectivity index (χ0n) is 17.3. The second-order valence-electron chi connectivity index (χ2n) is 8.02. The monoisotopic (exact) mass is 450 g/mol. The Morgan fingerprint density at radius 1 is 1.19 bits per heavy atom. The van der Waals surface area contributed by atoms with Gasteiger partial charge in [-0.1, -0.05) is 11.6 Å². The Morgan fingerprint density at radius 2 is 2.00 bits per heavy atom. The number of piperidine rings is 1. The van der Waals surface area contributed by atoms with Gasteiger partial charge in [0.25, 0.3) is 0 Å². The Labute approximate surface area is 189 Å². The van der Waals surface area contributed by atoms with E-state index >= 15 is 0 Å². The van der Waals surface area contributed by atoms with Gasteiger partial charge in [0.15, 0.2) is 23.6 Å². The van der Waals surface area contributed by atoms with E-state index in [4.69, 9.17) is 16.0 Å². The average molecular weight is 451 g/mol. The van der Waals surface area contributed by atoms with E-state index in [0.717, 1.165) is 18.4 Å². The largest absolute Gasteiger partial charge is 0.440 e. The molecule has 1 saturated heterocycles. The van der Waals surface area contributed by atoms with Crippen LogP contribution in [0.25, 0.3) is 22.5 Å². The first-order chi connectivity index (χ1) is 15.5. The van der Waals surface area contributed by atoms with Gasteiger partial charge in [-0.25, -0.2) is 19.3 Å². The van der Waals surface area contributed by atoms with E-state index in [1.54, 1.807) is 30.6 Å². The third kappa shape index (κ3) is 3.73. The molecular weight excluding hydrogens is 431 g/mol. The van der Waals surface area contributed by atoms with Gasteiger partial charge in [-0.3, -0.25) is 4.79 Å². The van der Waals surface area contributed by atoms with E-state index in [1.165, 1.54) is 12.1 Å². The van der Waals surface area contributed by atoms with Gasteiger partial charge in [0.2, 0.25) is 0 Å². The van der Waals surface area contributed by atoms with Crippen LogP contribution in [-0.4, -0.2) is 33.8 Å². The molecule has 1 aliphatic heterocycles. The van der Waals surface area contributed by atoms with Gasteiger partial charge < -0.3 is 9.32 Å². The summed E-state index contributed by atoms with van der Waals surface area (Å²) in [5, 5.41) is 0.591. The Morgan fingerprint density at radius 3 is 2.78 bits per heavy atom. The van der Waals surface area contributed by atoms with E-state index in [2.05, 4.69) is 26.8 Å². The van der Waals surface area contributed by atoms with Crippen LogP contribution in [0.15, 0.2) is 53.2 Å². The topological polar surface area (TPSA) is 72.1 Å². The molecule has 1 aliphatic rings. The third-order valence-corrected chi connectivity index (χ3v) is 6.17. The quantitative estimate of drug-likeness (QED) is 0.373. The zero-order chi connectivity index (χ0) is 22.2. The number of fused-ring (bicyclic) bond motifs is 1. The van der Waals surface area contributed by atoms with Gasteiger partial charge in [-0.15, -0.1) is 0 Å². The van der Waals surface area contributed by atoms with Crippen LogP contribution in [0, 0.1) is 5.82 Å². The minimum atomic E-state index is -0.479. The number of halogens is 2. The summed E-state index contributed by atoms with van der Waals surface area (Å²) in [6, 6.07) is 9.86. The van der Waals surface area contributed by atoms with E-state index in [-0.39, 0.29) is 17.5 Å². The summed E-state index contributed by atoms with van der Waals surface area (Å²) < 4.78 is 20.5. The van der Waals surface area contributed by atoms with Crippen molar-refractivity contribution in [2.75, 3.05) is 11.4 Å². The number of aromatic nitrogens is 3. The highest BCUT2D eigenvalue weighted by molar-refractivity contribution is 6.31. The molecule has 1 fully saturated rings. The van der Waals surface area contributed by atoms with Crippen molar-refractivity contribution in [3.05, 3.63) is 71.1 Å². The van der Waals surface area contributed by atoms with Crippen LogP contribution in [0.4, 0.5) is 10.1 Å². The van der Waals surface area contributed by atoms with Crippen LogP contribution in [0.3, 0.4) is 0 Å². The molecule has 0 aliphatic carbocycles. The number of hydrogen-bond acceptors (Lipinski definition) is 6. The number of nitrogens with zero attached hydrogens (tertiary/aromatic N) is 4. The second-order valence-corrected chi connectivity index (χ2v) is 8.46. The number of carbonyl (C=O) groups is 1. The summed E-state index contributed by atoms with van der Waals surface area (Å²) >= 11 is 6.08. The molecule has 2 atom stereocenters. The van der Waals surface area contributed by atoms with Crippen LogP contribution >= 0.6 is 11.6 Å². The summed E-state index contributed by atoms with van der Waals surface area (Å²) in [6.45, 7) is 2.65. The molecule has 0 unspecified atom stereocenters. The standard InChI is InChI=1S/C24H20ClFN4O2/c1-14-3-4-15(24-29-19-6-5-17(25)10-21(19)32-24)12-30(14)20-11-18(26)9-16(13-31)22(20)23-27-7-2-8-28-23/h2,5-11,13-15H,3-4,12H2,1H3/t14-,15-/m1/s1. The number of carbonyl (C=O) groups excluding carboxylic acids is 1. The van der Waals surface area contributed by atoms with Crippen molar-refractivity contribution in [1.82, 2.24) is 15.0 Å². The minimum absolute atomic E-state index is 0.00451. The fraction of sp³-hybridized carbons (Fsp3) is 0.250. The van der Waals surface area contributed by atoms with Crippen molar-refractivity contribution < 1.29 is 13.6 Å². The van der Waals surface area contributed by atoms with Gasteiger partial charge in [0.05, 0.1) is 17.2 Å². The molecular formula is C24H20ClFN4O2. The lowest BCUT2D eigenvalue weighted by Crippen LogP contribution is -2.41. The lowest BCUT2D eigenvalue weighted by atomic mass is 9.91. The molecule has 4 aromatic rings. The molecule has 3 heterocycles. The molecule has 6 nitrogen and oxygen atoms in total. The number of benzene rings is 2. The predicted octanol–water partition coefficient (Wildman–Crippen LogP) is 5.66. The molecule has 32 heavy (non-hydrogen) atoms. The van der Waals surface area contributed by atoms with Crippen molar-refractivity contribution in [2.24, 2.45) is 0 Å². The fourth-order valence-corrected chi connectivity index (χ4v) is 4.50. The molecule has 0 saturated carbocycles. The van der Waals surface area contributed by atoms with Crippen LogP contribution in [0.1, 0.15) is 41.9 Å². The zero-order valence-corrected chi connectivity index (χ0v) is 18.1. The molecule has 0 spiro atoms. The average Bonchev–Trinajstić information content (AvgIpc) is 3.22. The molecule has 162 valence electrons. The van der Waals surface area contributed by atoms with Crippen molar-refractivity contribution in [2.45, 2.75) is 31.7 Å². The van der Waals surface area contributed by atoms with E-state index in [1.807, 2.05) is 6.07 Å². The van der Waals surface area contributed by atoms with Gasteiger partial charge in [0, 0.05) is 41.6 Å². The normalized spacial score (nSPS) is 18.8. The Bertz CT molecular complexity index is 1290. The van der Waals surface area contributed by atoms with E-state index in [9.17, 15) is 9.18 Å². The molecule has 0 N–H and O–H groups in total. The molecule has 0 radical (unpaired) electrons. The molecule has 2 aromatic carbocycles. The van der Waals surface area contributed by atoms with Crippen LogP contribution < -0.4 is 4.90 Å². The van der Waals surface area contributed by atoms with Crippen molar-refractivity contribution in [1.29, 1.82) is 0 Å². The maximum atomic E-state index is 14.5. The predicted molar refractivity (Wildman–Crippen MR) is 121 cm³/mol. The van der Waals surface area contributed by atoms with Crippen molar-refractivity contribution in [3.8, 4) is 11.4 Å². The van der Waals surface area contributed by atoms with Gasteiger partial charge in [0.1, 0.15) is 11.3 Å². The molecule has 0 amide bonds. The van der Waals surface area contributed by atoms with Crippen molar-refractivity contribution >= 4 is 34.7 Å². The summed E-state index contributed by atoms with van der Waals surface area (Å²) in [7, 11) is 0. The smallest absolute Gasteiger partial charge is 0.200 e. The molecule has 5 rings (SSSR count). The Kier molecular flexibility index (Phi) is 5.35. The highest BCUT2D eigenvalue weighted by Gasteiger charge is 2.32. The fourth-order valence-electron chi connectivity index (χ4n) is 4.34. The maximum absolute atomic E-state index is 14.5. The lowest BCUT2D eigenvalue weighted by molar-refractivity contribution is 0.112. The summed E-state index contributed by atoms with van der Waals surface area (Å²) in [4.78, 5) is 27.2. The number of rotatable bonds is 4. The van der Waals surface area contributed by atoms with Crippen molar-refractivity contribution in [3.63, 3.8) is 0 Å². The van der Waals surface area contributed by atoms with Gasteiger partial charge in [-0.2, -0.15) is 0 Å². The van der Waals surface area contributed by atoms with Gasteiger partial charge in [-0.05, 0) is 50.1 Å². The number of anilines is 1. The number of aldehydes is 1. The van der Waals surface area contributed by atoms with Crippen LogP contribution in [-0.2, 0) is 0 Å². The highest BCUT2D eigenvalue weighted by Crippen LogP contribution is 2.39. The highest BCUT2D eigenvalue weighted by atomic mass is 35.5. The van der Waals surface area contributed by atoms with Gasteiger partial charge >= 0.3 is 0 Å². The Balaban J connectivity index is 1.57. The second kappa shape index (κ2) is 8.31. The Hall–Kier alpha value is -3.32. The van der Waals surface area contributed by atoms with E-state index < -0.39 is 5.82 Å². The lowest BCUT2D eigenvalue weighted by Gasteiger charge is -2.39. The molecule has 0 bridgehead atoms. The van der Waals surface area contributed by atoms with Crippen LogP contribution in [0.5, 0.6) is 0 Å². The SMILES string of the molecule is C[C@@H]1CC[C@@H](c2nc3ccc(Cl)cc3o2)CN1c1cc(F)cc(C=O)c1-c1ncccn1. The third-order valence-electron chi connectivity index (χ3n) is 5.94. The minimum Gasteiger partial charge on any atom is -0.440 e. The molecule has 8 heteroatoms. The summed E-state index contributed by atoms with van der Waals surface area (Å²) in [5.74, 6) is 0.539. The first-order valence-corrected chi connectivity index (χ1v) is 10.8. The number of hydrogen-bond donors (Lipinski definition) is 0. The summed E-state index contributed by atoms with van der Waals surface area (Å²) in [6.07, 6.45) is 5.60. The molecule has 2 aromatic heterocycles. The van der Waals surface area contributed by atoms with Crippen LogP contribution in [0.2, 0.25) is 5.02 Å². The first-order valence-electron chi connectivity index (χ1n) is 10.4. The van der Waals surface area contributed by atoms with E-state index in [0.29, 0.717) is 46.4 Å². The summed E-state index contributed by atoms with van der Waals surface area (Å²) in [5.41, 5.74) is 2.73. The first kappa shape index (κ1) is 20.6. The maximum Gasteiger partial charge on any atom is 0.200 e. The number of oxazole rings is 1.